The summed E-state index contributed by atoms with van der Waals surface area (Å²) >= 11 is 0. The standard InChI is InChI=1S/C15H18N2O/c1-12-4-2-3-5-13(12)11-18-15-7-6-14(8-9-16)17-10-15/h2-7,10H,8-9,11,16H2,1H3. The fourth-order valence-corrected chi connectivity index (χ4v) is 1.73. The number of aryl methyl sites for hydroxylation is 1. The van der Waals surface area contributed by atoms with Gasteiger partial charge < -0.3 is 10.5 Å². The molecule has 18 heavy (non-hydrogen) atoms. The molecule has 0 saturated heterocycles. The lowest BCUT2D eigenvalue weighted by atomic mass is 10.1. The topological polar surface area (TPSA) is 48.1 Å². The maximum absolute atomic E-state index is 5.71. The molecular formula is C15H18N2O. The highest BCUT2D eigenvalue weighted by atomic mass is 16.5. The predicted molar refractivity (Wildman–Crippen MR) is 72.5 cm³/mol. The summed E-state index contributed by atoms with van der Waals surface area (Å²) in [5, 5.41) is 0. The highest BCUT2D eigenvalue weighted by Crippen LogP contribution is 2.14. The van der Waals surface area contributed by atoms with E-state index in [0.29, 0.717) is 13.2 Å². The second kappa shape index (κ2) is 6.17. The Morgan fingerprint density at radius 3 is 2.67 bits per heavy atom. The number of nitrogens with zero attached hydrogens (tertiary/aromatic N) is 1. The minimum atomic E-state index is 0.574. The van der Waals surface area contributed by atoms with Crippen LogP contribution in [0.25, 0.3) is 0 Å². The van der Waals surface area contributed by atoms with E-state index in [9.17, 15) is 0 Å². The van der Waals surface area contributed by atoms with Crippen LogP contribution >= 0.6 is 0 Å². The molecule has 2 aromatic rings. The van der Waals surface area contributed by atoms with E-state index in [2.05, 4.69) is 24.0 Å². The number of rotatable bonds is 5. The molecule has 0 aliphatic carbocycles. The zero-order valence-electron chi connectivity index (χ0n) is 10.6. The Balaban J connectivity index is 1.96. The Bertz CT molecular complexity index is 494. The summed E-state index contributed by atoms with van der Waals surface area (Å²) in [5.41, 5.74) is 8.92. The van der Waals surface area contributed by atoms with Crippen LogP contribution in [0.2, 0.25) is 0 Å². The third kappa shape index (κ3) is 3.31. The van der Waals surface area contributed by atoms with E-state index in [1.807, 2.05) is 24.3 Å². The van der Waals surface area contributed by atoms with Crippen LogP contribution in [0, 0.1) is 6.92 Å². The average Bonchev–Trinajstić information content (AvgIpc) is 2.40. The van der Waals surface area contributed by atoms with E-state index in [1.54, 1.807) is 6.20 Å². The first-order valence-corrected chi connectivity index (χ1v) is 6.12. The van der Waals surface area contributed by atoms with Gasteiger partial charge in [0.1, 0.15) is 12.4 Å². The molecule has 0 aliphatic heterocycles. The lowest BCUT2D eigenvalue weighted by Gasteiger charge is -2.08. The van der Waals surface area contributed by atoms with Gasteiger partial charge >= 0.3 is 0 Å². The van der Waals surface area contributed by atoms with Crippen LogP contribution in [-0.4, -0.2) is 11.5 Å². The van der Waals surface area contributed by atoms with Crippen LogP contribution in [0.15, 0.2) is 42.6 Å². The highest BCUT2D eigenvalue weighted by molar-refractivity contribution is 5.26. The second-order valence-electron chi connectivity index (χ2n) is 4.24. The zero-order valence-corrected chi connectivity index (χ0v) is 10.6. The molecule has 0 aliphatic rings. The van der Waals surface area contributed by atoms with Gasteiger partial charge in [-0.1, -0.05) is 24.3 Å². The normalized spacial score (nSPS) is 10.3. The van der Waals surface area contributed by atoms with Crippen LogP contribution in [0.3, 0.4) is 0 Å². The molecule has 2 rings (SSSR count). The Morgan fingerprint density at radius 2 is 2.00 bits per heavy atom. The van der Waals surface area contributed by atoms with Crippen LogP contribution in [-0.2, 0) is 13.0 Å². The van der Waals surface area contributed by atoms with E-state index >= 15 is 0 Å². The van der Waals surface area contributed by atoms with Gasteiger partial charge in [-0.25, -0.2) is 0 Å². The summed E-state index contributed by atoms with van der Waals surface area (Å²) < 4.78 is 5.71. The number of pyridine rings is 1. The molecule has 2 N–H and O–H groups in total. The van der Waals surface area contributed by atoms with E-state index in [4.69, 9.17) is 10.5 Å². The second-order valence-corrected chi connectivity index (χ2v) is 4.24. The van der Waals surface area contributed by atoms with Crippen molar-refractivity contribution < 1.29 is 4.74 Å². The Morgan fingerprint density at radius 1 is 1.17 bits per heavy atom. The van der Waals surface area contributed by atoms with Crippen LogP contribution in [0.1, 0.15) is 16.8 Å². The fourth-order valence-electron chi connectivity index (χ4n) is 1.73. The van der Waals surface area contributed by atoms with Gasteiger partial charge in [0.25, 0.3) is 0 Å². The first kappa shape index (κ1) is 12.6. The SMILES string of the molecule is Cc1ccccc1COc1ccc(CCN)nc1. The van der Waals surface area contributed by atoms with Crippen molar-refractivity contribution in [3.05, 3.63) is 59.4 Å². The van der Waals surface area contributed by atoms with E-state index < -0.39 is 0 Å². The van der Waals surface area contributed by atoms with Crippen molar-refractivity contribution in [1.29, 1.82) is 0 Å². The van der Waals surface area contributed by atoms with E-state index in [-0.39, 0.29) is 0 Å². The maximum Gasteiger partial charge on any atom is 0.138 e. The third-order valence-corrected chi connectivity index (χ3v) is 2.85. The molecule has 0 atom stereocenters. The quantitative estimate of drug-likeness (QED) is 0.876. The summed E-state index contributed by atoms with van der Waals surface area (Å²) in [6.45, 7) is 3.28. The van der Waals surface area contributed by atoms with Crippen molar-refractivity contribution in [3.63, 3.8) is 0 Å². The molecule has 0 bridgehead atoms. The summed E-state index contributed by atoms with van der Waals surface area (Å²) in [4.78, 5) is 4.30. The summed E-state index contributed by atoms with van der Waals surface area (Å²) in [5.74, 6) is 0.791. The monoisotopic (exact) mass is 242 g/mol. The third-order valence-electron chi connectivity index (χ3n) is 2.85. The summed E-state index contributed by atoms with van der Waals surface area (Å²) in [7, 11) is 0. The number of hydrogen-bond donors (Lipinski definition) is 1. The van der Waals surface area contributed by atoms with Gasteiger partial charge in [-0.3, -0.25) is 4.98 Å². The minimum absolute atomic E-state index is 0.574. The molecule has 0 amide bonds. The smallest absolute Gasteiger partial charge is 0.138 e. The maximum atomic E-state index is 5.71. The lowest BCUT2D eigenvalue weighted by Crippen LogP contribution is -2.04. The average molecular weight is 242 g/mol. The summed E-state index contributed by atoms with van der Waals surface area (Å²) in [6.07, 6.45) is 2.56. The summed E-state index contributed by atoms with van der Waals surface area (Å²) in [6, 6.07) is 12.1. The highest BCUT2D eigenvalue weighted by Gasteiger charge is 2.00. The molecule has 0 radical (unpaired) electrons. The molecule has 0 spiro atoms. The van der Waals surface area contributed by atoms with Crippen molar-refractivity contribution in [2.75, 3.05) is 6.54 Å². The van der Waals surface area contributed by atoms with Gasteiger partial charge in [0.15, 0.2) is 0 Å². The molecule has 94 valence electrons. The zero-order chi connectivity index (χ0) is 12.8. The number of hydrogen-bond acceptors (Lipinski definition) is 3. The number of benzene rings is 1. The van der Waals surface area contributed by atoms with Crippen molar-refractivity contribution in [2.24, 2.45) is 5.73 Å². The van der Waals surface area contributed by atoms with Crippen molar-refractivity contribution in [3.8, 4) is 5.75 Å². The van der Waals surface area contributed by atoms with Gasteiger partial charge in [-0.15, -0.1) is 0 Å². The number of aromatic nitrogens is 1. The minimum Gasteiger partial charge on any atom is -0.487 e. The van der Waals surface area contributed by atoms with Gasteiger partial charge in [0.2, 0.25) is 0 Å². The van der Waals surface area contributed by atoms with Crippen LogP contribution in [0.4, 0.5) is 0 Å². The Hall–Kier alpha value is -1.87. The predicted octanol–water partition coefficient (Wildman–Crippen LogP) is 2.47. The van der Waals surface area contributed by atoms with Crippen molar-refractivity contribution in [2.45, 2.75) is 20.0 Å². The largest absolute Gasteiger partial charge is 0.487 e. The van der Waals surface area contributed by atoms with Gasteiger partial charge in [0.05, 0.1) is 6.20 Å². The first-order chi connectivity index (χ1) is 8.79. The Kier molecular flexibility index (Phi) is 4.31. The van der Waals surface area contributed by atoms with Gasteiger partial charge in [-0.2, -0.15) is 0 Å². The molecule has 0 unspecified atom stereocenters. The molecule has 3 heteroatoms. The molecule has 3 nitrogen and oxygen atoms in total. The van der Waals surface area contributed by atoms with Crippen molar-refractivity contribution >= 4 is 0 Å². The van der Waals surface area contributed by atoms with Gasteiger partial charge in [-0.05, 0) is 36.7 Å². The molecule has 1 aromatic heterocycles. The first-order valence-electron chi connectivity index (χ1n) is 6.12. The number of ether oxygens (including phenoxy) is 1. The molecule has 0 fully saturated rings. The van der Waals surface area contributed by atoms with E-state index in [0.717, 1.165) is 17.9 Å². The van der Waals surface area contributed by atoms with E-state index in [1.165, 1.54) is 11.1 Å². The molecule has 1 aromatic carbocycles. The van der Waals surface area contributed by atoms with Gasteiger partial charge in [0, 0.05) is 12.1 Å². The number of nitrogens with two attached hydrogens (primary N) is 1. The molecule has 0 saturated carbocycles. The Labute approximate surface area is 108 Å². The molecule has 1 heterocycles. The fraction of sp³-hybridized carbons (Fsp3) is 0.267. The van der Waals surface area contributed by atoms with Crippen LogP contribution in [0.5, 0.6) is 5.75 Å². The molecular weight excluding hydrogens is 224 g/mol. The lowest BCUT2D eigenvalue weighted by molar-refractivity contribution is 0.304. The van der Waals surface area contributed by atoms with Crippen molar-refractivity contribution in [1.82, 2.24) is 4.98 Å². The van der Waals surface area contributed by atoms with Crippen LogP contribution < -0.4 is 10.5 Å².